The van der Waals surface area contributed by atoms with Gasteiger partial charge in [-0.3, -0.25) is 9.89 Å². The summed E-state index contributed by atoms with van der Waals surface area (Å²) in [6.07, 6.45) is 2.79. The van der Waals surface area contributed by atoms with Crippen molar-refractivity contribution < 1.29 is 17.9 Å². The molecule has 0 unspecified atom stereocenters. The zero-order chi connectivity index (χ0) is 16.0. The van der Waals surface area contributed by atoms with Crippen LogP contribution in [0.1, 0.15) is 13.8 Å². The topological polar surface area (TPSA) is 50.8 Å². The van der Waals surface area contributed by atoms with E-state index < -0.39 is 12.0 Å². The molecular formula is C14H18F3N3O. The summed E-state index contributed by atoms with van der Waals surface area (Å²) in [7, 11) is 1.49. The lowest BCUT2D eigenvalue weighted by molar-refractivity contribution is -0.0652. The lowest BCUT2D eigenvalue weighted by Crippen LogP contribution is -2.36. The lowest BCUT2D eigenvalue weighted by Gasteiger charge is -2.24. The number of halogens is 3. The average Bonchev–Trinajstić information content (AvgIpc) is 2.85. The van der Waals surface area contributed by atoms with Crippen molar-refractivity contribution in [3.8, 4) is 0 Å². The summed E-state index contributed by atoms with van der Waals surface area (Å²) in [6, 6.07) is 0. The Morgan fingerprint density at radius 3 is 2.57 bits per heavy atom. The van der Waals surface area contributed by atoms with Gasteiger partial charge in [0.1, 0.15) is 0 Å². The molecule has 0 atom stereocenters. The normalized spacial score (nSPS) is 19.6. The average molecular weight is 301 g/mol. The zero-order valence-electron chi connectivity index (χ0n) is 12.1. The number of hydrogen-bond acceptors (Lipinski definition) is 4. The minimum atomic E-state index is -4.55. The van der Waals surface area contributed by atoms with Crippen molar-refractivity contribution in [2.45, 2.75) is 20.0 Å². The zero-order valence-corrected chi connectivity index (χ0v) is 12.1. The molecule has 0 aliphatic carbocycles. The van der Waals surface area contributed by atoms with Crippen LogP contribution in [0.2, 0.25) is 0 Å². The number of nitrogens with two attached hydrogens (primary N) is 1. The van der Waals surface area contributed by atoms with Crippen LogP contribution >= 0.6 is 0 Å². The van der Waals surface area contributed by atoms with E-state index in [1.807, 2.05) is 0 Å². The van der Waals surface area contributed by atoms with Gasteiger partial charge in [-0.1, -0.05) is 6.08 Å². The van der Waals surface area contributed by atoms with Crippen molar-refractivity contribution in [1.29, 1.82) is 0 Å². The van der Waals surface area contributed by atoms with Crippen LogP contribution < -0.4 is 5.73 Å². The first-order valence-corrected chi connectivity index (χ1v) is 6.23. The Morgan fingerprint density at radius 2 is 2.10 bits per heavy atom. The van der Waals surface area contributed by atoms with Crippen LogP contribution in [0.3, 0.4) is 0 Å². The van der Waals surface area contributed by atoms with Crippen LogP contribution in [-0.2, 0) is 4.74 Å². The van der Waals surface area contributed by atoms with Gasteiger partial charge in [0.15, 0.2) is 0 Å². The summed E-state index contributed by atoms with van der Waals surface area (Å²) in [6.45, 7) is 3.33. The molecule has 0 aromatic heterocycles. The predicted octanol–water partition coefficient (Wildman–Crippen LogP) is 3.07. The van der Waals surface area contributed by atoms with Gasteiger partial charge in [-0.2, -0.15) is 13.2 Å². The van der Waals surface area contributed by atoms with Crippen LogP contribution in [-0.4, -0.2) is 30.6 Å². The Balaban J connectivity index is 3.25. The standard InChI is InChI=1S/C14H18F3N3O/c1-4-5-11(8-18)20-12(7-6-10(2)21-3)9-19-13(20)14(15,16)17/h4-8H,9,18H2,1-3H3/b5-4-,10-6+,11-8+,12-7+. The summed E-state index contributed by atoms with van der Waals surface area (Å²) in [5.41, 5.74) is 6.02. The summed E-state index contributed by atoms with van der Waals surface area (Å²) in [4.78, 5) is 4.57. The van der Waals surface area contributed by atoms with Gasteiger partial charge < -0.3 is 10.5 Å². The van der Waals surface area contributed by atoms with E-state index in [0.717, 1.165) is 11.1 Å². The molecule has 0 radical (unpaired) electrons. The Bertz CT molecular complexity index is 528. The van der Waals surface area contributed by atoms with Crippen molar-refractivity contribution in [3.63, 3.8) is 0 Å². The van der Waals surface area contributed by atoms with Crippen LogP contribution in [0.15, 0.2) is 52.6 Å². The SMILES string of the molecule is C/C=C\C(=C/N)N1C(C(F)(F)F)=NC/C1=C\C=C(/C)OC. The molecule has 0 saturated carbocycles. The fraction of sp³-hybridized carbons (Fsp3) is 0.357. The van der Waals surface area contributed by atoms with Crippen LogP contribution in [0.5, 0.6) is 0 Å². The molecule has 0 saturated heterocycles. The Hall–Kier alpha value is -2.18. The molecule has 1 heterocycles. The first-order chi connectivity index (χ1) is 9.85. The minimum Gasteiger partial charge on any atom is -0.501 e. The first kappa shape index (κ1) is 16.9. The van der Waals surface area contributed by atoms with Gasteiger partial charge >= 0.3 is 6.18 Å². The highest BCUT2D eigenvalue weighted by Gasteiger charge is 2.44. The Morgan fingerprint density at radius 1 is 1.43 bits per heavy atom. The molecule has 116 valence electrons. The number of alkyl halides is 3. The third-order valence-electron chi connectivity index (χ3n) is 2.74. The third kappa shape index (κ3) is 4.14. The number of allylic oxidation sites excluding steroid dienone is 5. The van der Waals surface area contributed by atoms with E-state index in [0.29, 0.717) is 11.5 Å². The fourth-order valence-corrected chi connectivity index (χ4v) is 1.72. The number of ether oxygens (including phenoxy) is 1. The maximum absolute atomic E-state index is 13.1. The molecule has 1 rings (SSSR count). The Labute approximate surface area is 121 Å². The van der Waals surface area contributed by atoms with E-state index in [4.69, 9.17) is 10.5 Å². The summed E-state index contributed by atoms with van der Waals surface area (Å²) < 4.78 is 44.1. The highest BCUT2D eigenvalue weighted by molar-refractivity contribution is 5.93. The number of nitrogens with zero attached hydrogens (tertiary/aromatic N) is 2. The lowest BCUT2D eigenvalue weighted by atomic mass is 10.2. The van der Waals surface area contributed by atoms with E-state index >= 15 is 0 Å². The van der Waals surface area contributed by atoms with E-state index in [9.17, 15) is 13.2 Å². The molecule has 0 aromatic carbocycles. The maximum Gasteiger partial charge on any atom is 0.449 e. The highest BCUT2D eigenvalue weighted by Crippen LogP contribution is 2.31. The van der Waals surface area contributed by atoms with Gasteiger partial charge in [-0.15, -0.1) is 0 Å². The van der Waals surface area contributed by atoms with Gasteiger partial charge in [0.25, 0.3) is 0 Å². The van der Waals surface area contributed by atoms with E-state index in [1.54, 1.807) is 26.0 Å². The first-order valence-electron chi connectivity index (χ1n) is 6.23. The van der Waals surface area contributed by atoms with Crippen molar-refractivity contribution in [3.05, 3.63) is 47.7 Å². The molecule has 21 heavy (non-hydrogen) atoms. The van der Waals surface area contributed by atoms with Crippen LogP contribution in [0.25, 0.3) is 0 Å². The molecule has 4 nitrogen and oxygen atoms in total. The van der Waals surface area contributed by atoms with Crippen molar-refractivity contribution >= 4 is 5.84 Å². The molecule has 1 aliphatic rings. The van der Waals surface area contributed by atoms with E-state index in [2.05, 4.69) is 4.99 Å². The van der Waals surface area contributed by atoms with Crippen LogP contribution in [0, 0.1) is 0 Å². The molecule has 0 fully saturated rings. The van der Waals surface area contributed by atoms with Crippen molar-refractivity contribution in [2.75, 3.05) is 13.7 Å². The van der Waals surface area contributed by atoms with Gasteiger partial charge in [0.2, 0.25) is 5.84 Å². The van der Waals surface area contributed by atoms with Gasteiger partial charge in [0.05, 0.1) is 25.1 Å². The fourth-order valence-electron chi connectivity index (χ4n) is 1.72. The molecule has 0 bridgehead atoms. The molecule has 0 spiro atoms. The summed E-state index contributed by atoms with van der Waals surface area (Å²) >= 11 is 0. The second-order valence-corrected chi connectivity index (χ2v) is 4.20. The van der Waals surface area contributed by atoms with Gasteiger partial charge in [0, 0.05) is 11.9 Å². The molecular weight excluding hydrogens is 283 g/mol. The number of methoxy groups -OCH3 is 1. The smallest absolute Gasteiger partial charge is 0.449 e. The molecule has 1 aliphatic heterocycles. The van der Waals surface area contributed by atoms with Crippen molar-refractivity contribution in [1.82, 2.24) is 4.90 Å². The molecule has 7 heteroatoms. The molecule has 0 aromatic rings. The second-order valence-electron chi connectivity index (χ2n) is 4.20. The predicted molar refractivity (Wildman–Crippen MR) is 76.1 cm³/mol. The quantitative estimate of drug-likeness (QED) is 0.641. The van der Waals surface area contributed by atoms with E-state index in [1.165, 1.54) is 19.3 Å². The van der Waals surface area contributed by atoms with Crippen LogP contribution in [0.4, 0.5) is 13.2 Å². The maximum atomic E-state index is 13.1. The number of hydrogen-bond donors (Lipinski definition) is 1. The second kappa shape index (κ2) is 7.01. The number of amidine groups is 1. The monoisotopic (exact) mass is 301 g/mol. The number of rotatable bonds is 4. The van der Waals surface area contributed by atoms with Gasteiger partial charge in [-0.25, -0.2) is 0 Å². The van der Waals surface area contributed by atoms with Gasteiger partial charge in [-0.05, 0) is 32.1 Å². The minimum absolute atomic E-state index is 0.0722. The summed E-state index contributed by atoms with van der Waals surface area (Å²) in [5, 5.41) is 0. The highest BCUT2D eigenvalue weighted by atomic mass is 19.4. The summed E-state index contributed by atoms with van der Waals surface area (Å²) in [5.74, 6) is -0.403. The third-order valence-corrected chi connectivity index (χ3v) is 2.74. The molecule has 2 N–H and O–H groups in total. The van der Waals surface area contributed by atoms with Crippen molar-refractivity contribution in [2.24, 2.45) is 10.7 Å². The van der Waals surface area contributed by atoms with E-state index in [-0.39, 0.29) is 12.2 Å². The largest absolute Gasteiger partial charge is 0.501 e. The molecule has 0 amide bonds. The number of aliphatic imine (C=N–C) groups is 1. The Kier molecular flexibility index (Phi) is 5.63.